The second kappa shape index (κ2) is 4.72. The van der Waals surface area contributed by atoms with E-state index in [2.05, 4.69) is 11.1 Å². The zero-order chi connectivity index (χ0) is 10.5. The van der Waals surface area contributed by atoms with Crippen molar-refractivity contribution >= 4 is 11.3 Å². The van der Waals surface area contributed by atoms with Gasteiger partial charge in [-0.25, -0.2) is 4.98 Å². The van der Waals surface area contributed by atoms with Gasteiger partial charge in [-0.2, -0.15) is 5.26 Å². The molecule has 1 aromatic heterocycles. The van der Waals surface area contributed by atoms with Crippen molar-refractivity contribution in [1.29, 1.82) is 5.26 Å². The monoisotopic (exact) mass is 214 g/mol. The van der Waals surface area contributed by atoms with E-state index in [4.69, 9.17) is 5.26 Å². The normalized spacial score (nSPS) is 9.80. The predicted octanol–water partition coefficient (Wildman–Crippen LogP) is 3.27. The minimum atomic E-state index is 0.540. The van der Waals surface area contributed by atoms with Crippen LogP contribution >= 0.6 is 11.3 Å². The maximum Gasteiger partial charge on any atom is 0.123 e. The van der Waals surface area contributed by atoms with E-state index in [9.17, 15) is 0 Å². The van der Waals surface area contributed by atoms with Gasteiger partial charge >= 0.3 is 0 Å². The van der Waals surface area contributed by atoms with Crippen molar-refractivity contribution in [3.8, 4) is 16.6 Å². The summed E-state index contributed by atoms with van der Waals surface area (Å²) in [5, 5.41) is 11.5. The average molecular weight is 214 g/mol. The highest BCUT2D eigenvalue weighted by Crippen LogP contribution is 2.23. The zero-order valence-electron chi connectivity index (χ0n) is 8.18. The SMILES string of the molecule is N#CCCc1csc(-c2ccccc2)n1. The minimum absolute atomic E-state index is 0.540. The van der Waals surface area contributed by atoms with E-state index < -0.39 is 0 Å². The fourth-order valence-electron chi connectivity index (χ4n) is 1.32. The highest BCUT2D eigenvalue weighted by atomic mass is 32.1. The van der Waals surface area contributed by atoms with Gasteiger partial charge in [-0.1, -0.05) is 30.3 Å². The highest BCUT2D eigenvalue weighted by Gasteiger charge is 2.03. The molecule has 0 aliphatic rings. The molecule has 74 valence electrons. The molecule has 1 heterocycles. The van der Waals surface area contributed by atoms with Crippen molar-refractivity contribution in [1.82, 2.24) is 4.98 Å². The maximum atomic E-state index is 8.48. The van der Waals surface area contributed by atoms with Crippen LogP contribution in [0.5, 0.6) is 0 Å². The first-order chi connectivity index (χ1) is 7.40. The van der Waals surface area contributed by atoms with Gasteiger partial charge in [0, 0.05) is 23.8 Å². The van der Waals surface area contributed by atoms with Gasteiger partial charge in [0.1, 0.15) is 5.01 Å². The second-order valence-electron chi connectivity index (χ2n) is 3.17. The molecule has 0 aliphatic heterocycles. The number of benzene rings is 1. The molecule has 0 fully saturated rings. The van der Waals surface area contributed by atoms with E-state index in [1.54, 1.807) is 11.3 Å². The van der Waals surface area contributed by atoms with E-state index in [1.807, 2.05) is 35.7 Å². The molecule has 2 aromatic rings. The molecular weight excluding hydrogens is 204 g/mol. The van der Waals surface area contributed by atoms with Crippen molar-refractivity contribution in [3.63, 3.8) is 0 Å². The van der Waals surface area contributed by atoms with Crippen LogP contribution in [0.4, 0.5) is 0 Å². The lowest BCUT2D eigenvalue weighted by Gasteiger charge is -1.93. The summed E-state index contributed by atoms with van der Waals surface area (Å²) in [6, 6.07) is 12.2. The first-order valence-corrected chi connectivity index (χ1v) is 5.65. The first kappa shape index (κ1) is 9.88. The van der Waals surface area contributed by atoms with Gasteiger partial charge in [-0.05, 0) is 0 Å². The van der Waals surface area contributed by atoms with Crippen LogP contribution in [0.1, 0.15) is 12.1 Å². The van der Waals surface area contributed by atoms with Gasteiger partial charge in [0.2, 0.25) is 0 Å². The highest BCUT2D eigenvalue weighted by molar-refractivity contribution is 7.13. The van der Waals surface area contributed by atoms with E-state index in [1.165, 1.54) is 0 Å². The van der Waals surface area contributed by atoms with Crippen LogP contribution in [0.2, 0.25) is 0 Å². The summed E-state index contributed by atoms with van der Waals surface area (Å²) in [5.41, 5.74) is 2.16. The van der Waals surface area contributed by atoms with Crippen molar-refractivity contribution in [3.05, 3.63) is 41.4 Å². The van der Waals surface area contributed by atoms with Gasteiger partial charge in [0.25, 0.3) is 0 Å². The van der Waals surface area contributed by atoms with Crippen LogP contribution in [-0.2, 0) is 6.42 Å². The average Bonchev–Trinajstić information content (AvgIpc) is 2.76. The molecule has 0 saturated heterocycles. The molecule has 2 rings (SSSR count). The van der Waals surface area contributed by atoms with E-state index in [0.29, 0.717) is 6.42 Å². The number of rotatable bonds is 3. The number of aromatic nitrogens is 1. The Labute approximate surface area is 92.8 Å². The lowest BCUT2D eigenvalue weighted by Crippen LogP contribution is -1.83. The molecule has 0 spiro atoms. The molecule has 0 N–H and O–H groups in total. The summed E-state index contributed by atoms with van der Waals surface area (Å²) in [6.45, 7) is 0. The van der Waals surface area contributed by atoms with E-state index in [-0.39, 0.29) is 0 Å². The summed E-state index contributed by atoms with van der Waals surface area (Å²) in [7, 11) is 0. The molecular formula is C12H10N2S. The Kier molecular flexibility index (Phi) is 3.11. The summed E-state index contributed by atoms with van der Waals surface area (Å²) < 4.78 is 0. The molecule has 2 nitrogen and oxygen atoms in total. The smallest absolute Gasteiger partial charge is 0.123 e. The summed E-state index contributed by atoms with van der Waals surface area (Å²) in [6.07, 6.45) is 1.29. The van der Waals surface area contributed by atoms with Crippen LogP contribution in [0.15, 0.2) is 35.7 Å². The van der Waals surface area contributed by atoms with Gasteiger partial charge in [0.15, 0.2) is 0 Å². The largest absolute Gasteiger partial charge is 0.241 e. The lowest BCUT2D eigenvalue weighted by molar-refractivity contribution is 0.969. The molecule has 0 unspecified atom stereocenters. The minimum Gasteiger partial charge on any atom is -0.241 e. The summed E-state index contributed by atoms with van der Waals surface area (Å²) in [5.74, 6) is 0. The van der Waals surface area contributed by atoms with Crippen molar-refractivity contribution in [2.24, 2.45) is 0 Å². The van der Waals surface area contributed by atoms with Crippen LogP contribution in [0.3, 0.4) is 0 Å². The Hall–Kier alpha value is -1.66. The molecule has 0 saturated carbocycles. The number of thiazole rings is 1. The fourth-order valence-corrected chi connectivity index (χ4v) is 2.18. The van der Waals surface area contributed by atoms with E-state index in [0.717, 1.165) is 22.7 Å². The number of nitriles is 1. The molecule has 0 atom stereocenters. The number of nitrogens with zero attached hydrogens (tertiary/aromatic N) is 2. The van der Waals surface area contributed by atoms with Crippen LogP contribution in [-0.4, -0.2) is 4.98 Å². The number of aryl methyl sites for hydroxylation is 1. The Morgan fingerprint density at radius 1 is 1.27 bits per heavy atom. The molecule has 15 heavy (non-hydrogen) atoms. The summed E-state index contributed by atoms with van der Waals surface area (Å²) in [4.78, 5) is 4.49. The second-order valence-corrected chi connectivity index (χ2v) is 4.03. The lowest BCUT2D eigenvalue weighted by atomic mass is 10.2. The summed E-state index contributed by atoms with van der Waals surface area (Å²) >= 11 is 1.63. The molecule has 0 amide bonds. The third-order valence-corrected chi connectivity index (χ3v) is 3.01. The predicted molar refractivity (Wildman–Crippen MR) is 61.5 cm³/mol. The Bertz CT molecular complexity index is 468. The van der Waals surface area contributed by atoms with Crippen molar-refractivity contribution in [2.45, 2.75) is 12.8 Å². The topological polar surface area (TPSA) is 36.7 Å². The maximum absolute atomic E-state index is 8.48. The van der Waals surface area contributed by atoms with Crippen molar-refractivity contribution < 1.29 is 0 Å². The third kappa shape index (κ3) is 2.42. The van der Waals surface area contributed by atoms with Gasteiger partial charge in [-0.15, -0.1) is 11.3 Å². The Balaban J connectivity index is 2.18. The Morgan fingerprint density at radius 2 is 2.07 bits per heavy atom. The fraction of sp³-hybridized carbons (Fsp3) is 0.167. The molecule has 1 aromatic carbocycles. The molecule has 0 bridgehead atoms. The number of hydrogen-bond acceptors (Lipinski definition) is 3. The standard InChI is InChI=1S/C12H10N2S/c13-8-4-7-11-9-15-12(14-11)10-5-2-1-3-6-10/h1-3,5-6,9H,4,7H2. The first-order valence-electron chi connectivity index (χ1n) is 4.77. The van der Waals surface area contributed by atoms with Gasteiger partial charge in [0.05, 0.1) is 11.8 Å². The molecule has 0 aliphatic carbocycles. The third-order valence-electron chi connectivity index (χ3n) is 2.07. The van der Waals surface area contributed by atoms with Crippen LogP contribution in [0, 0.1) is 11.3 Å². The quantitative estimate of drug-likeness (QED) is 0.786. The molecule has 3 heteroatoms. The van der Waals surface area contributed by atoms with Gasteiger partial charge < -0.3 is 0 Å². The Morgan fingerprint density at radius 3 is 2.80 bits per heavy atom. The van der Waals surface area contributed by atoms with Crippen LogP contribution in [0.25, 0.3) is 10.6 Å². The zero-order valence-corrected chi connectivity index (χ0v) is 9.00. The van der Waals surface area contributed by atoms with Crippen molar-refractivity contribution in [2.75, 3.05) is 0 Å². The van der Waals surface area contributed by atoms with Gasteiger partial charge in [-0.3, -0.25) is 0 Å². The van der Waals surface area contributed by atoms with Crippen LogP contribution < -0.4 is 0 Å². The van der Waals surface area contributed by atoms with E-state index >= 15 is 0 Å². The molecule has 0 radical (unpaired) electrons. The number of hydrogen-bond donors (Lipinski definition) is 0.